The number of aromatic nitrogens is 3. The summed E-state index contributed by atoms with van der Waals surface area (Å²) >= 11 is 0. The summed E-state index contributed by atoms with van der Waals surface area (Å²) in [6.07, 6.45) is 0.325. The highest BCUT2D eigenvalue weighted by Gasteiger charge is 2.41. The largest absolute Gasteiger partial charge is 0.326 e. The van der Waals surface area contributed by atoms with E-state index >= 15 is 0 Å². The number of rotatable bonds is 3. The van der Waals surface area contributed by atoms with Gasteiger partial charge in [-0.1, -0.05) is 30.3 Å². The molecule has 0 spiro atoms. The Labute approximate surface area is 121 Å². The molecule has 1 aromatic carbocycles. The highest BCUT2D eigenvalue weighted by atomic mass is 16.2. The number of hydrogen-bond acceptors (Lipinski definition) is 4. The first kappa shape index (κ1) is 13.3. The van der Waals surface area contributed by atoms with Crippen molar-refractivity contribution in [3.63, 3.8) is 0 Å². The number of benzene rings is 1. The van der Waals surface area contributed by atoms with E-state index in [9.17, 15) is 9.59 Å². The van der Waals surface area contributed by atoms with Gasteiger partial charge in [0, 0.05) is 26.1 Å². The Bertz CT molecular complexity index is 682. The third kappa shape index (κ3) is 2.26. The number of urea groups is 1. The quantitative estimate of drug-likeness (QED) is 0.850. The average Bonchev–Trinajstić information content (AvgIpc) is 3.05. The molecule has 7 nitrogen and oxygen atoms in total. The molecule has 1 N–H and O–H groups in total. The van der Waals surface area contributed by atoms with E-state index in [1.54, 1.807) is 7.05 Å². The molecule has 1 atom stereocenters. The van der Waals surface area contributed by atoms with Crippen LogP contribution in [0.15, 0.2) is 30.3 Å². The molecule has 3 rings (SSSR count). The fourth-order valence-electron chi connectivity index (χ4n) is 2.36. The minimum absolute atomic E-state index is 0.222. The topological polar surface area (TPSA) is 82.2 Å². The molecule has 7 heteroatoms. The Kier molecular flexibility index (Phi) is 3.17. The van der Waals surface area contributed by atoms with Gasteiger partial charge in [0.25, 0.3) is 5.91 Å². The third-order valence-electron chi connectivity index (χ3n) is 3.62. The van der Waals surface area contributed by atoms with Crippen molar-refractivity contribution in [2.24, 2.45) is 0 Å². The monoisotopic (exact) mass is 285 g/mol. The maximum absolute atomic E-state index is 12.0. The summed E-state index contributed by atoms with van der Waals surface area (Å²) in [5.41, 5.74) is 0.902. The second kappa shape index (κ2) is 5.01. The number of aromatic amines is 1. The number of H-pyrrole nitrogens is 1. The maximum Gasteiger partial charge on any atom is 0.326 e. The first-order chi connectivity index (χ1) is 10.1. The van der Waals surface area contributed by atoms with Crippen LogP contribution in [0.4, 0.5) is 4.79 Å². The van der Waals surface area contributed by atoms with Crippen molar-refractivity contribution in [3.8, 4) is 11.4 Å². The highest BCUT2D eigenvalue weighted by molar-refractivity contribution is 6.03. The van der Waals surface area contributed by atoms with Crippen molar-refractivity contribution < 1.29 is 9.59 Å². The molecule has 1 aromatic heterocycles. The minimum atomic E-state index is -0.529. The van der Waals surface area contributed by atoms with Gasteiger partial charge in [0.2, 0.25) is 0 Å². The third-order valence-corrected chi connectivity index (χ3v) is 3.62. The van der Waals surface area contributed by atoms with Crippen molar-refractivity contribution >= 4 is 11.9 Å². The van der Waals surface area contributed by atoms with Gasteiger partial charge in [-0.2, -0.15) is 5.10 Å². The fourth-order valence-corrected chi connectivity index (χ4v) is 2.36. The predicted octanol–water partition coefficient (Wildman–Crippen LogP) is 0.907. The smallest absolute Gasteiger partial charge is 0.315 e. The van der Waals surface area contributed by atoms with Crippen LogP contribution in [-0.4, -0.2) is 57.1 Å². The molecule has 1 fully saturated rings. The molecule has 0 bridgehead atoms. The molecule has 0 aliphatic carbocycles. The second-order valence-electron chi connectivity index (χ2n) is 4.98. The number of amides is 3. The molecule has 21 heavy (non-hydrogen) atoms. The molecular weight excluding hydrogens is 270 g/mol. The lowest BCUT2D eigenvalue weighted by molar-refractivity contribution is -0.127. The normalized spacial score (nSPS) is 18.7. The zero-order chi connectivity index (χ0) is 15.0. The number of carbonyl (C=O) groups excluding carboxylic acids is 2. The van der Waals surface area contributed by atoms with E-state index in [1.807, 2.05) is 30.3 Å². The van der Waals surface area contributed by atoms with Crippen molar-refractivity contribution in [3.05, 3.63) is 36.2 Å². The summed E-state index contributed by atoms with van der Waals surface area (Å²) in [4.78, 5) is 30.7. The van der Waals surface area contributed by atoms with Crippen LogP contribution in [-0.2, 0) is 11.2 Å². The van der Waals surface area contributed by atoms with Crippen LogP contribution in [0.3, 0.4) is 0 Å². The summed E-state index contributed by atoms with van der Waals surface area (Å²) in [6.45, 7) is 0. The SMILES string of the molecule is CN1C(=O)[C@H](Cc2nc(-c3ccccc3)n[nH]2)N(C)C1=O. The molecule has 1 aliphatic rings. The van der Waals surface area contributed by atoms with E-state index in [0.29, 0.717) is 18.1 Å². The molecular formula is C14H15N5O2. The van der Waals surface area contributed by atoms with Gasteiger partial charge < -0.3 is 4.90 Å². The summed E-state index contributed by atoms with van der Waals surface area (Å²) in [7, 11) is 3.10. The van der Waals surface area contributed by atoms with Gasteiger partial charge in [0.1, 0.15) is 11.9 Å². The molecule has 3 amide bonds. The lowest BCUT2D eigenvalue weighted by Gasteiger charge is -2.14. The molecule has 2 heterocycles. The summed E-state index contributed by atoms with van der Waals surface area (Å²) in [5, 5.41) is 6.98. The summed E-state index contributed by atoms with van der Waals surface area (Å²) < 4.78 is 0. The molecule has 0 unspecified atom stereocenters. The number of carbonyl (C=O) groups is 2. The first-order valence-electron chi connectivity index (χ1n) is 6.59. The molecule has 108 valence electrons. The minimum Gasteiger partial charge on any atom is -0.315 e. The van der Waals surface area contributed by atoms with Crippen LogP contribution >= 0.6 is 0 Å². The number of nitrogens with one attached hydrogen (secondary N) is 1. The molecule has 1 saturated heterocycles. The van der Waals surface area contributed by atoms with E-state index in [2.05, 4.69) is 15.2 Å². The number of likely N-dealkylation sites (N-methyl/N-ethyl adjacent to an activating group) is 2. The van der Waals surface area contributed by atoms with Crippen LogP contribution in [0.5, 0.6) is 0 Å². The second-order valence-corrected chi connectivity index (χ2v) is 4.98. The summed E-state index contributed by atoms with van der Waals surface area (Å²) in [5.74, 6) is 0.945. The highest BCUT2D eigenvalue weighted by Crippen LogP contribution is 2.18. The molecule has 1 aliphatic heterocycles. The molecule has 0 saturated carbocycles. The van der Waals surface area contributed by atoms with Gasteiger partial charge in [-0.25, -0.2) is 9.78 Å². The molecule has 0 radical (unpaired) electrons. The average molecular weight is 285 g/mol. The van der Waals surface area contributed by atoms with Crippen molar-refractivity contribution in [2.45, 2.75) is 12.5 Å². The first-order valence-corrected chi connectivity index (χ1v) is 6.59. The predicted molar refractivity (Wildman–Crippen MR) is 75.2 cm³/mol. The Morgan fingerprint density at radius 2 is 1.90 bits per heavy atom. The standard InChI is InChI=1S/C14H15N5O2/c1-18-10(13(20)19(2)14(18)21)8-11-15-12(17-16-11)9-6-4-3-5-7-9/h3-7,10H,8H2,1-2H3,(H,15,16,17)/t10-/m0/s1. The Morgan fingerprint density at radius 1 is 1.19 bits per heavy atom. The van der Waals surface area contributed by atoms with Gasteiger partial charge in [-0.15, -0.1) is 0 Å². The van der Waals surface area contributed by atoms with Crippen LogP contribution < -0.4 is 0 Å². The van der Waals surface area contributed by atoms with Crippen LogP contribution in [0.25, 0.3) is 11.4 Å². The van der Waals surface area contributed by atoms with Gasteiger partial charge >= 0.3 is 6.03 Å². The number of imide groups is 1. The van der Waals surface area contributed by atoms with Gasteiger partial charge in [0.15, 0.2) is 5.82 Å². The van der Waals surface area contributed by atoms with E-state index in [1.165, 1.54) is 11.9 Å². The Hall–Kier alpha value is -2.70. The fraction of sp³-hybridized carbons (Fsp3) is 0.286. The molecule has 2 aromatic rings. The van der Waals surface area contributed by atoms with E-state index in [0.717, 1.165) is 10.5 Å². The Morgan fingerprint density at radius 3 is 2.52 bits per heavy atom. The zero-order valence-corrected chi connectivity index (χ0v) is 11.8. The van der Waals surface area contributed by atoms with E-state index < -0.39 is 6.04 Å². The van der Waals surface area contributed by atoms with Gasteiger partial charge in [-0.3, -0.25) is 14.8 Å². The summed E-state index contributed by atoms with van der Waals surface area (Å²) in [6, 6.07) is 8.74. The van der Waals surface area contributed by atoms with Crippen LogP contribution in [0.1, 0.15) is 5.82 Å². The number of hydrogen-bond donors (Lipinski definition) is 1. The van der Waals surface area contributed by atoms with Crippen LogP contribution in [0.2, 0.25) is 0 Å². The van der Waals surface area contributed by atoms with Crippen molar-refractivity contribution in [2.75, 3.05) is 14.1 Å². The number of nitrogens with zero attached hydrogens (tertiary/aromatic N) is 4. The van der Waals surface area contributed by atoms with Crippen molar-refractivity contribution in [1.82, 2.24) is 25.0 Å². The zero-order valence-electron chi connectivity index (χ0n) is 11.8. The van der Waals surface area contributed by atoms with Crippen LogP contribution in [0, 0.1) is 0 Å². The van der Waals surface area contributed by atoms with Crippen molar-refractivity contribution in [1.29, 1.82) is 0 Å². The lowest BCUT2D eigenvalue weighted by Crippen LogP contribution is -2.33. The van der Waals surface area contributed by atoms with Gasteiger partial charge in [0.05, 0.1) is 0 Å². The van der Waals surface area contributed by atoms with Gasteiger partial charge in [-0.05, 0) is 0 Å². The lowest BCUT2D eigenvalue weighted by atomic mass is 10.2. The Balaban J connectivity index is 1.79. The maximum atomic E-state index is 12.0. The van der Waals surface area contributed by atoms with E-state index in [4.69, 9.17) is 0 Å². The van der Waals surface area contributed by atoms with E-state index in [-0.39, 0.29) is 11.9 Å².